The summed E-state index contributed by atoms with van der Waals surface area (Å²) in [6.07, 6.45) is 6.83. The molecule has 1 rings (SSSR count). The Hall–Kier alpha value is -1.33. The minimum absolute atomic E-state index is 0.513. The monoisotopic (exact) mass is 202 g/mol. The number of pyridine rings is 1. The van der Waals surface area contributed by atoms with Crippen LogP contribution in [0.4, 0.5) is 0 Å². The van der Waals surface area contributed by atoms with Crippen LogP contribution in [0.3, 0.4) is 0 Å². The van der Waals surface area contributed by atoms with E-state index >= 15 is 0 Å². The maximum absolute atomic E-state index is 4.02. The third kappa shape index (κ3) is 4.62. The molecule has 15 heavy (non-hydrogen) atoms. The molecule has 1 aromatic heterocycles. The number of nitrogens with one attached hydrogen (secondary N) is 1. The highest BCUT2D eigenvalue weighted by Gasteiger charge is 2.00. The van der Waals surface area contributed by atoms with Gasteiger partial charge in [0.1, 0.15) is 0 Å². The van der Waals surface area contributed by atoms with Crippen molar-refractivity contribution in [3.05, 3.63) is 30.1 Å². The Morgan fingerprint density at radius 1 is 1.53 bits per heavy atom. The van der Waals surface area contributed by atoms with E-state index in [0.717, 1.165) is 12.0 Å². The molecule has 1 atom stereocenters. The average molecular weight is 202 g/mol. The van der Waals surface area contributed by atoms with Gasteiger partial charge in [-0.3, -0.25) is 4.98 Å². The summed E-state index contributed by atoms with van der Waals surface area (Å²) in [7, 11) is 1.99. The van der Waals surface area contributed by atoms with Crippen LogP contribution in [0, 0.1) is 11.8 Å². The second kappa shape index (κ2) is 7.03. The van der Waals surface area contributed by atoms with Gasteiger partial charge in [-0.2, -0.15) is 0 Å². The quantitative estimate of drug-likeness (QED) is 0.757. The van der Waals surface area contributed by atoms with E-state index in [1.807, 2.05) is 19.2 Å². The number of hydrogen-bond acceptors (Lipinski definition) is 2. The lowest BCUT2D eigenvalue weighted by molar-refractivity contribution is 0.527. The molecule has 0 fully saturated rings. The van der Waals surface area contributed by atoms with E-state index in [1.165, 1.54) is 12.8 Å². The topological polar surface area (TPSA) is 24.9 Å². The van der Waals surface area contributed by atoms with E-state index < -0.39 is 0 Å². The summed E-state index contributed by atoms with van der Waals surface area (Å²) >= 11 is 0. The van der Waals surface area contributed by atoms with Gasteiger partial charge in [-0.15, -0.1) is 0 Å². The lowest BCUT2D eigenvalue weighted by atomic mass is 10.1. The summed E-state index contributed by atoms with van der Waals surface area (Å²) in [6.45, 7) is 2.19. The minimum atomic E-state index is 0.513. The molecule has 0 aliphatic rings. The highest BCUT2D eigenvalue weighted by atomic mass is 14.9. The van der Waals surface area contributed by atoms with Gasteiger partial charge < -0.3 is 5.32 Å². The lowest BCUT2D eigenvalue weighted by Crippen LogP contribution is -2.24. The Kier molecular flexibility index (Phi) is 5.50. The molecule has 0 aromatic carbocycles. The first-order valence-corrected chi connectivity index (χ1v) is 5.43. The molecule has 0 bridgehead atoms. The maximum Gasteiger partial charge on any atom is 0.0428 e. The SMILES string of the molecule is CCCC(CC#Cc1cccnc1)NC. The molecule has 2 nitrogen and oxygen atoms in total. The van der Waals surface area contributed by atoms with E-state index in [1.54, 1.807) is 12.4 Å². The van der Waals surface area contributed by atoms with Gasteiger partial charge in [-0.1, -0.05) is 25.2 Å². The molecule has 0 amide bonds. The Balaban J connectivity index is 2.45. The number of nitrogens with zero attached hydrogens (tertiary/aromatic N) is 1. The van der Waals surface area contributed by atoms with Crippen molar-refractivity contribution in [3.63, 3.8) is 0 Å². The van der Waals surface area contributed by atoms with Gasteiger partial charge in [0.2, 0.25) is 0 Å². The Bertz CT molecular complexity index is 321. The van der Waals surface area contributed by atoms with Crippen LogP contribution in [0.15, 0.2) is 24.5 Å². The van der Waals surface area contributed by atoms with Crippen LogP contribution >= 0.6 is 0 Å². The van der Waals surface area contributed by atoms with Gasteiger partial charge in [-0.05, 0) is 25.6 Å². The van der Waals surface area contributed by atoms with Gasteiger partial charge in [0.15, 0.2) is 0 Å². The van der Waals surface area contributed by atoms with Crippen LogP contribution in [0.25, 0.3) is 0 Å². The zero-order valence-electron chi connectivity index (χ0n) is 9.46. The van der Waals surface area contributed by atoms with E-state index in [0.29, 0.717) is 6.04 Å². The molecule has 0 saturated carbocycles. The van der Waals surface area contributed by atoms with Crippen LogP contribution in [0.5, 0.6) is 0 Å². The van der Waals surface area contributed by atoms with E-state index in [4.69, 9.17) is 0 Å². The van der Waals surface area contributed by atoms with Crippen molar-refractivity contribution in [1.29, 1.82) is 0 Å². The second-order valence-corrected chi connectivity index (χ2v) is 3.52. The summed E-state index contributed by atoms with van der Waals surface area (Å²) < 4.78 is 0. The molecule has 1 unspecified atom stereocenters. The summed E-state index contributed by atoms with van der Waals surface area (Å²) in [5, 5.41) is 3.27. The van der Waals surface area contributed by atoms with Crippen LogP contribution in [-0.4, -0.2) is 18.1 Å². The van der Waals surface area contributed by atoms with E-state index in [9.17, 15) is 0 Å². The zero-order chi connectivity index (χ0) is 10.9. The van der Waals surface area contributed by atoms with Gasteiger partial charge in [0.25, 0.3) is 0 Å². The number of hydrogen-bond donors (Lipinski definition) is 1. The predicted molar refractivity (Wildman–Crippen MR) is 63.5 cm³/mol. The van der Waals surface area contributed by atoms with Gasteiger partial charge in [0.05, 0.1) is 0 Å². The van der Waals surface area contributed by atoms with E-state index in [2.05, 4.69) is 29.1 Å². The standard InChI is InChI=1S/C13H18N2/c1-3-6-13(14-2)9-4-7-12-8-5-10-15-11-12/h5,8,10-11,13-14H,3,6,9H2,1-2H3. The second-order valence-electron chi connectivity index (χ2n) is 3.52. The van der Waals surface area contributed by atoms with Crippen molar-refractivity contribution in [2.45, 2.75) is 32.2 Å². The zero-order valence-corrected chi connectivity index (χ0v) is 9.46. The van der Waals surface area contributed by atoms with Gasteiger partial charge >= 0.3 is 0 Å². The van der Waals surface area contributed by atoms with Crippen molar-refractivity contribution in [2.24, 2.45) is 0 Å². The fourth-order valence-corrected chi connectivity index (χ4v) is 1.41. The maximum atomic E-state index is 4.02. The molecule has 0 saturated heterocycles. The molecule has 1 N–H and O–H groups in total. The van der Waals surface area contributed by atoms with Crippen molar-refractivity contribution in [3.8, 4) is 11.8 Å². The Morgan fingerprint density at radius 3 is 3.00 bits per heavy atom. The fourth-order valence-electron chi connectivity index (χ4n) is 1.41. The first-order chi connectivity index (χ1) is 7.36. The highest BCUT2D eigenvalue weighted by Crippen LogP contribution is 2.00. The molecular formula is C13H18N2. The molecule has 1 heterocycles. The molecule has 0 spiro atoms. The molecule has 2 heteroatoms. The van der Waals surface area contributed by atoms with Gasteiger partial charge in [-0.25, -0.2) is 0 Å². The molecule has 1 aromatic rings. The summed E-state index contributed by atoms with van der Waals surface area (Å²) in [5.41, 5.74) is 0.990. The third-order valence-corrected chi connectivity index (χ3v) is 2.29. The van der Waals surface area contributed by atoms with Crippen LogP contribution in [0.2, 0.25) is 0 Å². The van der Waals surface area contributed by atoms with Crippen molar-refractivity contribution in [1.82, 2.24) is 10.3 Å². The minimum Gasteiger partial charge on any atom is -0.316 e. The summed E-state index contributed by atoms with van der Waals surface area (Å²) in [4.78, 5) is 4.02. The average Bonchev–Trinajstić information content (AvgIpc) is 2.29. The summed E-state index contributed by atoms with van der Waals surface area (Å²) in [6, 6.07) is 4.40. The lowest BCUT2D eigenvalue weighted by Gasteiger charge is -2.10. The number of aromatic nitrogens is 1. The normalized spacial score (nSPS) is 11.6. The molecular weight excluding hydrogens is 184 g/mol. The van der Waals surface area contributed by atoms with Crippen molar-refractivity contribution >= 4 is 0 Å². The van der Waals surface area contributed by atoms with Crippen molar-refractivity contribution < 1.29 is 0 Å². The van der Waals surface area contributed by atoms with Crippen LogP contribution < -0.4 is 5.32 Å². The van der Waals surface area contributed by atoms with Gasteiger partial charge in [0, 0.05) is 30.4 Å². The largest absolute Gasteiger partial charge is 0.316 e. The fraction of sp³-hybridized carbons (Fsp3) is 0.462. The first-order valence-electron chi connectivity index (χ1n) is 5.43. The van der Waals surface area contributed by atoms with Crippen molar-refractivity contribution in [2.75, 3.05) is 7.05 Å². The predicted octanol–water partition coefficient (Wildman–Crippen LogP) is 2.21. The third-order valence-electron chi connectivity index (χ3n) is 2.29. The molecule has 80 valence electrons. The molecule has 0 aliphatic carbocycles. The van der Waals surface area contributed by atoms with Crippen LogP contribution in [-0.2, 0) is 0 Å². The molecule has 0 aliphatic heterocycles. The molecule has 0 radical (unpaired) electrons. The van der Waals surface area contributed by atoms with E-state index in [-0.39, 0.29) is 0 Å². The van der Waals surface area contributed by atoms with Crippen LogP contribution in [0.1, 0.15) is 31.7 Å². The highest BCUT2D eigenvalue weighted by molar-refractivity contribution is 5.31. The Labute approximate surface area is 92.1 Å². The smallest absolute Gasteiger partial charge is 0.0428 e. The Morgan fingerprint density at radius 2 is 2.40 bits per heavy atom. The number of rotatable bonds is 4. The first kappa shape index (κ1) is 11.7. The summed E-state index contributed by atoms with van der Waals surface area (Å²) in [5.74, 6) is 6.30.